The summed E-state index contributed by atoms with van der Waals surface area (Å²) in [4.78, 5) is 15.7. The van der Waals surface area contributed by atoms with E-state index < -0.39 is 10.0 Å². The lowest BCUT2D eigenvalue weighted by Crippen LogP contribution is -2.39. The number of hydrogen-bond donors (Lipinski definition) is 2. The SMILES string of the molecule is CC(=O)Nc1cncc2c1-c1ccc(OC[C@H](CC(C)C)NS(C)(=O)=O)cc1OC2. The number of benzene rings is 1. The number of fused-ring (bicyclic) bond motifs is 3. The molecule has 0 saturated heterocycles. The van der Waals surface area contributed by atoms with E-state index in [0.717, 1.165) is 22.9 Å². The van der Waals surface area contributed by atoms with Crippen LogP contribution in [0.2, 0.25) is 0 Å². The highest BCUT2D eigenvalue weighted by molar-refractivity contribution is 7.88. The molecule has 3 rings (SSSR count). The Labute approximate surface area is 177 Å². The van der Waals surface area contributed by atoms with Gasteiger partial charge in [0.1, 0.15) is 24.7 Å². The highest BCUT2D eigenvalue weighted by Gasteiger charge is 2.23. The Hall–Kier alpha value is -2.65. The Balaban J connectivity index is 1.81. The van der Waals surface area contributed by atoms with Gasteiger partial charge in [0.05, 0.1) is 24.2 Å². The molecule has 0 spiro atoms. The zero-order valence-corrected chi connectivity index (χ0v) is 18.4. The molecule has 2 aromatic rings. The third-order valence-corrected chi connectivity index (χ3v) is 5.29. The van der Waals surface area contributed by atoms with Crippen LogP contribution >= 0.6 is 0 Å². The molecular weight excluding hydrogens is 406 g/mol. The fraction of sp³-hybridized carbons (Fsp3) is 0.429. The first kappa shape index (κ1) is 22.0. The second-order valence-electron chi connectivity index (χ2n) is 7.88. The molecule has 0 bridgehead atoms. The number of sulfonamides is 1. The van der Waals surface area contributed by atoms with Gasteiger partial charge < -0.3 is 14.8 Å². The smallest absolute Gasteiger partial charge is 0.221 e. The van der Waals surface area contributed by atoms with Crippen molar-refractivity contribution in [3.63, 3.8) is 0 Å². The highest BCUT2D eigenvalue weighted by atomic mass is 32.2. The maximum absolute atomic E-state index is 11.6. The molecule has 0 unspecified atom stereocenters. The van der Waals surface area contributed by atoms with Crippen LogP contribution < -0.4 is 19.5 Å². The predicted molar refractivity (Wildman–Crippen MR) is 115 cm³/mol. The summed E-state index contributed by atoms with van der Waals surface area (Å²) < 4.78 is 37.6. The number of amides is 1. The average Bonchev–Trinajstić information content (AvgIpc) is 2.63. The Kier molecular flexibility index (Phi) is 6.62. The van der Waals surface area contributed by atoms with Crippen LogP contribution in [-0.2, 0) is 21.4 Å². The summed E-state index contributed by atoms with van der Waals surface area (Å²) in [6.45, 7) is 6.06. The van der Waals surface area contributed by atoms with Crippen molar-refractivity contribution < 1.29 is 22.7 Å². The van der Waals surface area contributed by atoms with Crippen LogP contribution in [0.5, 0.6) is 11.5 Å². The first-order valence-corrected chi connectivity index (χ1v) is 11.6. The number of hydrogen-bond acceptors (Lipinski definition) is 6. The number of carbonyl (C=O) groups excluding carboxylic acids is 1. The first-order chi connectivity index (χ1) is 14.1. The van der Waals surface area contributed by atoms with Crippen LogP contribution in [-0.4, -0.2) is 38.2 Å². The monoisotopic (exact) mass is 433 g/mol. The van der Waals surface area contributed by atoms with Gasteiger partial charge in [0.25, 0.3) is 0 Å². The summed E-state index contributed by atoms with van der Waals surface area (Å²) in [5.41, 5.74) is 3.23. The van der Waals surface area contributed by atoms with Gasteiger partial charge in [0.2, 0.25) is 15.9 Å². The number of anilines is 1. The van der Waals surface area contributed by atoms with E-state index >= 15 is 0 Å². The molecule has 9 heteroatoms. The Bertz CT molecular complexity index is 1040. The summed E-state index contributed by atoms with van der Waals surface area (Å²) in [6, 6.07) is 5.14. The lowest BCUT2D eigenvalue weighted by Gasteiger charge is -2.24. The maximum atomic E-state index is 11.6. The second kappa shape index (κ2) is 9.01. The van der Waals surface area contributed by atoms with Crippen molar-refractivity contribution >= 4 is 21.6 Å². The molecule has 162 valence electrons. The summed E-state index contributed by atoms with van der Waals surface area (Å²) >= 11 is 0. The summed E-state index contributed by atoms with van der Waals surface area (Å²) in [6.07, 6.45) is 5.15. The fourth-order valence-corrected chi connectivity index (χ4v) is 4.28. The zero-order valence-electron chi connectivity index (χ0n) is 17.6. The van der Waals surface area contributed by atoms with Crippen molar-refractivity contribution in [1.29, 1.82) is 0 Å². The van der Waals surface area contributed by atoms with Gasteiger partial charge in [-0.3, -0.25) is 9.78 Å². The molecular formula is C21H27N3O5S. The van der Waals surface area contributed by atoms with E-state index in [0.29, 0.717) is 36.1 Å². The number of aromatic nitrogens is 1. The van der Waals surface area contributed by atoms with Gasteiger partial charge >= 0.3 is 0 Å². The lowest BCUT2D eigenvalue weighted by molar-refractivity contribution is -0.114. The highest BCUT2D eigenvalue weighted by Crippen LogP contribution is 2.43. The Morgan fingerprint density at radius 1 is 1.30 bits per heavy atom. The average molecular weight is 434 g/mol. The molecule has 1 amide bonds. The number of nitrogens with one attached hydrogen (secondary N) is 2. The first-order valence-electron chi connectivity index (χ1n) is 9.74. The van der Waals surface area contributed by atoms with E-state index in [4.69, 9.17) is 9.47 Å². The third kappa shape index (κ3) is 5.70. The van der Waals surface area contributed by atoms with Crippen molar-refractivity contribution in [3.05, 3.63) is 36.2 Å². The second-order valence-corrected chi connectivity index (χ2v) is 9.66. The minimum atomic E-state index is -3.33. The van der Waals surface area contributed by atoms with Gasteiger partial charge in [-0.2, -0.15) is 0 Å². The Morgan fingerprint density at radius 3 is 2.73 bits per heavy atom. The van der Waals surface area contributed by atoms with Gasteiger partial charge in [-0.05, 0) is 24.5 Å². The van der Waals surface area contributed by atoms with E-state index in [1.54, 1.807) is 18.5 Å². The summed E-state index contributed by atoms with van der Waals surface area (Å²) in [5.74, 6) is 1.36. The molecule has 0 radical (unpaired) electrons. The number of rotatable bonds is 8. The van der Waals surface area contributed by atoms with Crippen molar-refractivity contribution in [2.75, 3.05) is 18.2 Å². The van der Waals surface area contributed by atoms with Crippen molar-refractivity contribution in [1.82, 2.24) is 9.71 Å². The van der Waals surface area contributed by atoms with Crippen molar-refractivity contribution in [3.8, 4) is 22.6 Å². The van der Waals surface area contributed by atoms with Gasteiger partial charge in [0.15, 0.2) is 0 Å². The normalized spacial score (nSPS) is 13.8. The van der Waals surface area contributed by atoms with Gasteiger partial charge in [-0.25, -0.2) is 13.1 Å². The minimum Gasteiger partial charge on any atom is -0.492 e. The van der Waals surface area contributed by atoms with Crippen LogP contribution in [0.25, 0.3) is 11.1 Å². The van der Waals surface area contributed by atoms with Crippen LogP contribution in [0.15, 0.2) is 30.6 Å². The van der Waals surface area contributed by atoms with Crippen LogP contribution in [0.4, 0.5) is 5.69 Å². The topological polar surface area (TPSA) is 107 Å². The molecule has 0 fully saturated rings. The molecule has 0 aliphatic carbocycles. The molecule has 2 N–H and O–H groups in total. The maximum Gasteiger partial charge on any atom is 0.221 e. The van der Waals surface area contributed by atoms with E-state index in [1.807, 2.05) is 26.0 Å². The summed E-state index contributed by atoms with van der Waals surface area (Å²) in [7, 11) is -3.33. The molecule has 1 aromatic heterocycles. The molecule has 1 aliphatic heterocycles. The van der Waals surface area contributed by atoms with Gasteiger partial charge in [-0.15, -0.1) is 0 Å². The van der Waals surface area contributed by atoms with Crippen LogP contribution in [0, 0.1) is 5.92 Å². The summed E-state index contributed by atoms with van der Waals surface area (Å²) in [5, 5.41) is 2.81. The van der Waals surface area contributed by atoms with Crippen LogP contribution in [0.1, 0.15) is 32.8 Å². The number of nitrogens with zero attached hydrogens (tertiary/aromatic N) is 1. The molecule has 30 heavy (non-hydrogen) atoms. The largest absolute Gasteiger partial charge is 0.492 e. The van der Waals surface area contributed by atoms with E-state index in [9.17, 15) is 13.2 Å². The number of carbonyl (C=O) groups is 1. The molecule has 0 saturated carbocycles. The molecule has 1 aliphatic rings. The van der Waals surface area contributed by atoms with E-state index in [1.165, 1.54) is 6.92 Å². The predicted octanol–water partition coefficient (Wildman–Crippen LogP) is 2.94. The van der Waals surface area contributed by atoms with E-state index in [-0.39, 0.29) is 18.6 Å². The standard InChI is InChI=1S/C21H27N3O5S/c1-13(2)7-16(24-30(4,26)27)12-28-17-5-6-18-20(8-17)29-11-15-9-22-10-19(21(15)18)23-14(3)25/h5-6,8-10,13,16,24H,7,11-12H2,1-4H3,(H,23,25)/t16-/m0/s1. The third-order valence-electron chi connectivity index (χ3n) is 4.53. The van der Waals surface area contributed by atoms with E-state index in [2.05, 4.69) is 15.0 Å². The van der Waals surface area contributed by atoms with Crippen LogP contribution in [0.3, 0.4) is 0 Å². The Morgan fingerprint density at radius 2 is 2.07 bits per heavy atom. The van der Waals surface area contributed by atoms with Crippen molar-refractivity contribution in [2.24, 2.45) is 5.92 Å². The molecule has 8 nitrogen and oxygen atoms in total. The number of pyridine rings is 1. The zero-order chi connectivity index (χ0) is 21.9. The van der Waals surface area contributed by atoms with Gasteiger partial charge in [0, 0.05) is 35.9 Å². The fourth-order valence-electron chi connectivity index (χ4n) is 3.51. The molecule has 1 aromatic carbocycles. The number of ether oxygens (including phenoxy) is 2. The minimum absolute atomic E-state index is 0.173. The van der Waals surface area contributed by atoms with Crippen molar-refractivity contribution in [2.45, 2.75) is 39.8 Å². The molecule has 2 heterocycles. The van der Waals surface area contributed by atoms with Gasteiger partial charge in [-0.1, -0.05) is 13.8 Å². The lowest BCUT2D eigenvalue weighted by atomic mass is 9.97. The quantitative estimate of drug-likeness (QED) is 0.663. The molecule has 1 atom stereocenters.